The molecular formula is C22H29N5O3. The van der Waals surface area contributed by atoms with E-state index in [9.17, 15) is 9.59 Å². The summed E-state index contributed by atoms with van der Waals surface area (Å²) in [5.41, 5.74) is 2.34. The molecule has 2 aromatic heterocycles. The zero-order valence-electron chi connectivity index (χ0n) is 17.9. The molecule has 0 saturated heterocycles. The van der Waals surface area contributed by atoms with Gasteiger partial charge in [0.1, 0.15) is 11.6 Å². The van der Waals surface area contributed by atoms with E-state index in [1.54, 1.807) is 33.3 Å². The number of aryl methyl sites for hydroxylation is 1. The van der Waals surface area contributed by atoms with Crippen LogP contribution in [0.4, 0.5) is 4.79 Å². The molecule has 8 heteroatoms. The number of fused-ring (bicyclic) bond motifs is 1. The van der Waals surface area contributed by atoms with Crippen molar-refractivity contribution >= 4 is 22.9 Å². The first-order chi connectivity index (χ1) is 14.2. The molecule has 3 N–H and O–H groups in total. The number of aromatic nitrogens is 3. The maximum atomic E-state index is 12.9. The van der Waals surface area contributed by atoms with Crippen molar-refractivity contribution in [3.63, 3.8) is 0 Å². The van der Waals surface area contributed by atoms with E-state index in [4.69, 9.17) is 4.74 Å². The van der Waals surface area contributed by atoms with Gasteiger partial charge in [-0.25, -0.2) is 9.78 Å². The van der Waals surface area contributed by atoms with E-state index in [1.807, 2.05) is 42.1 Å². The van der Waals surface area contributed by atoms with Gasteiger partial charge in [0, 0.05) is 55.4 Å². The normalized spacial score (nSPS) is 12.5. The molecule has 1 aromatic carbocycles. The zero-order chi connectivity index (χ0) is 21.7. The molecule has 30 heavy (non-hydrogen) atoms. The average molecular weight is 412 g/mol. The SMILES string of the molecule is Cn1cc(C[C@H](NC(=O)OC(C)(C)C)C(=O)NCCc2cnc[nH]2)c2ccccc21. The van der Waals surface area contributed by atoms with Gasteiger partial charge in [-0.1, -0.05) is 18.2 Å². The summed E-state index contributed by atoms with van der Waals surface area (Å²) in [6.45, 7) is 5.80. The molecule has 0 radical (unpaired) electrons. The lowest BCUT2D eigenvalue weighted by atomic mass is 10.0. The molecule has 1 atom stereocenters. The number of benzene rings is 1. The van der Waals surface area contributed by atoms with Gasteiger partial charge in [-0.05, 0) is 32.4 Å². The van der Waals surface area contributed by atoms with Crippen LogP contribution in [-0.2, 0) is 29.4 Å². The van der Waals surface area contributed by atoms with Gasteiger partial charge in [-0.2, -0.15) is 0 Å². The van der Waals surface area contributed by atoms with Crippen LogP contribution in [0.3, 0.4) is 0 Å². The Morgan fingerprint density at radius 2 is 2.03 bits per heavy atom. The zero-order valence-corrected chi connectivity index (χ0v) is 17.9. The van der Waals surface area contributed by atoms with Gasteiger partial charge < -0.3 is 24.9 Å². The van der Waals surface area contributed by atoms with Crippen molar-refractivity contribution in [3.05, 3.63) is 54.2 Å². The van der Waals surface area contributed by atoms with Crippen molar-refractivity contribution in [1.29, 1.82) is 0 Å². The highest BCUT2D eigenvalue weighted by Crippen LogP contribution is 2.21. The Balaban J connectivity index is 1.73. The molecule has 3 rings (SSSR count). The number of hydrogen-bond acceptors (Lipinski definition) is 4. The van der Waals surface area contributed by atoms with Crippen molar-refractivity contribution in [1.82, 2.24) is 25.2 Å². The molecule has 0 aliphatic carbocycles. The summed E-state index contributed by atoms with van der Waals surface area (Å²) in [5.74, 6) is -0.256. The van der Waals surface area contributed by atoms with Crippen LogP contribution in [0.1, 0.15) is 32.0 Å². The van der Waals surface area contributed by atoms with Gasteiger partial charge in [0.25, 0.3) is 0 Å². The standard InChI is InChI=1S/C22H29N5O3/c1-22(2,3)30-21(29)26-18(20(28)24-10-9-16-12-23-14-25-16)11-15-13-27(4)19-8-6-5-7-17(15)19/h5-8,12-14,18H,9-11H2,1-4H3,(H,23,25)(H,24,28)(H,26,29)/t18-/m0/s1. The topological polar surface area (TPSA) is 101 Å². The van der Waals surface area contributed by atoms with Gasteiger partial charge in [0.05, 0.1) is 6.33 Å². The van der Waals surface area contributed by atoms with Gasteiger partial charge in [0.15, 0.2) is 0 Å². The van der Waals surface area contributed by atoms with Crippen molar-refractivity contribution in [2.24, 2.45) is 7.05 Å². The summed E-state index contributed by atoms with van der Waals surface area (Å²) in [7, 11) is 1.96. The van der Waals surface area contributed by atoms with Crippen LogP contribution < -0.4 is 10.6 Å². The van der Waals surface area contributed by atoms with Crippen molar-refractivity contribution < 1.29 is 14.3 Å². The van der Waals surface area contributed by atoms with E-state index in [0.29, 0.717) is 19.4 Å². The highest BCUT2D eigenvalue weighted by molar-refractivity contribution is 5.88. The Morgan fingerprint density at radius 3 is 2.73 bits per heavy atom. The number of aromatic amines is 1. The van der Waals surface area contributed by atoms with Crippen molar-refractivity contribution in [3.8, 4) is 0 Å². The minimum atomic E-state index is -0.757. The molecule has 0 fully saturated rings. The molecule has 8 nitrogen and oxygen atoms in total. The maximum absolute atomic E-state index is 12.9. The number of nitrogens with one attached hydrogen (secondary N) is 3. The van der Waals surface area contributed by atoms with Gasteiger partial charge in [-0.15, -0.1) is 0 Å². The van der Waals surface area contributed by atoms with Crippen LogP contribution in [0.15, 0.2) is 43.0 Å². The molecule has 2 amide bonds. The highest BCUT2D eigenvalue weighted by atomic mass is 16.6. The molecule has 0 saturated carbocycles. The summed E-state index contributed by atoms with van der Waals surface area (Å²) in [6.07, 6.45) is 5.68. The quantitative estimate of drug-likeness (QED) is 0.556. The number of alkyl carbamates (subject to hydrolysis) is 1. The third-order valence-electron chi connectivity index (χ3n) is 4.66. The third kappa shape index (κ3) is 5.62. The molecule has 0 spiro atoms. The first-order valence-electron chi connectivity index (χ1n) is 10.0. The van der Waals surface area contributed by atoms with Crippen LogP contribution in [0, 0.1) is 0 Å². The number of hydrogen-bond donors (Lipinski definition) is 3. The lowest BCUT2D eigenvalue weighted by Gasteiger charge is -2.23. The Morgan fingerprint density at radius 1 is 1.27 bits per heavy atom. The molecular weight excluding hydrogens is 382 g/mol. The monoisotopic (exact) mass is 411 g/mol. The lowest BCUT2D eigenvalue weighted by molar-refractivity contribution is -0.123. The Bertz CT molecular complexity index is 1000. The number of amides is 2. The largest absolute Gasteiger partial charge is 0.444 e. The van der Waals surface area contributed by atoms with Gasteiger partial charge in [0.2, 0.25) is 5.91 Å². The Labute approximate surface area is 176 Å². The number of para-hydroxylation sites is 1. The summed E-state index contributed by atoms with van der Waals surface area (Å²) in [6, 6.07) is 7.23. The van der Waals surface area contributed by atoms with Crippen molar-refractivity contribution in [2.45, 2.75) is 45.3 Å². The third-order valence-corrected chi connectivity index (χ3v) is 4.66. The highest BCUT2D eigenvalue weighted by Gasteiger charge is 2.25. The molecule has 0 unspecified atom stereocenters. The fraction of sp³-hybridized carbons (Fsp3) is 0.409. The summed E-state index contributed by atoms with van der Waals surface area (Å²) < 4.78 is 7.38. The predicted octanol–water partition coefficient (Wildman–Crippen LogP) is 2.70. The number of rotatable bonds is 7. The number of carbonyl (C=O) groups is 2. The number of imidazole rings is 1. The van der Waals surface area contributed by atoms with Crippen LogP contribution in [0.5, 0.6) is 0 Å². The second kappa shape index (κ2) is 9.02. The fourth-order valence-corrected chi connectivity index (χ4v) is 3.33. The fourth-order valence-electron chi connectivity index (χ4n) is 3.33. The van der Waals surface area contributed by atoms with Crippen LogP contribution in [0.25, 0.3) is 10.9 Å². The molecule has 0 bridgehead atoms. The number of H-pyrrole nitrogens is 1. The van der Waals surface area contributed by atoms with Crippen LogP contribution >= 0.6 is 0 Å². The van der Waals surface area contributed by atoms with E-state index in [2.05, 4.69) is 20.6 Å². The maximum Gasteiger partial charge on any atom is 0.408 e. The van der Waals surface area contributed by atoms with Crippen molar-refractivity contribution in [2.75, 3.05) is 6.54 Å². The van der Waals surface area contributed by atoms with E-state index >= 15 is 0 Å². The van der Waals surface area contributed by atoms with E-state index in [0.717, 1.165) is 22.2 Å². The Hall–Kier alpha value is -3.29. The van der Waals surface area contributed by atoms with Gasteiger partial charge in [-0.3, -0.25) is 4.79 Å². The average Bonchev–Trinajstić information content (AvgIpc) is 3.28. The molecule has 0 aliphatic heterocycles. The first-order valence-corrected chi connectivity index (χ1v) is 10.0. The summed E-state index contributed by atoms with van der Waals surface area (Å²) in [4.78, 5) is 32.2. The second-order valence-corrected chi connectivity index (χ2v) is 8.30. The number of carbonyl (C=O) groups excluding carboxylic acids is 2. The predicted molar refractivity (Wildman–Crippen MR) is 115 cm³/mol. The number of ether oxygens (including phenoxy) is 1. The molecule has 2 heterocycles. The molecule has 0 aliphatic rings. The Kier molecular flexibility index (Phi) is 6.44. The second-order valence-electron chi connectivity index (χ2n) is 8.30. The van der Waals surface area contributed by atoms with E-state index in [1.165, 1.54) is 0 Å². The van der Waals surface area contributed by atoms with Crippen LogP contribution in [-0.4, -0.2) is 44.7 Å². The molecule has 160 valence electrons. The lowest BCUT2D eigenvalue weighted by Crippen LogP contribution is -2.49. The smallest absolute Gasteiger partial charge is 0.408 e. The van der Waals surface area contributed by atoms with E-state index < -0.39 is 17.7 Å². The summed E-state index contributed by atoms with van der Waals surface area (Å²) in [5, 5.41) is 6.69. The number of nitrogens with zero attached hydrogens (tertiary/aromatic N) is 2. The minimum absolute atomic E-state index is 0.256. The minimum Gasteiger partial charge on any atom is -0.444 e. The van der Waals surface area contributed by atoms with Crippen LogP contribution in [0.2, 0.25) is 0 Å². The first kappa shape index (κ1) is 21.4. The van der Waals surface area contributed by atoms with Gasteiger partial charge >= 0.3 is 6.09 Å². The van der Waals surface area contributed by atoms with E-state index in [-0.39, 0.29) is 5.91 Å². The summed E-state index contributed by atoms with van der Waals surface area (Å²) >= 11 is 0. The molecule has 3 aromatic rings.